The summed E-state index contributed by atoms with van der Waals surface area (Å²) in [5, 5.41) is 9.07. The van der Waals surface area contributed by atoms with Gasteiger partial charge < -0.3 is 5.11 Å². The van der Waals surface area contributed by atoms with E-state index in [9.17, 15) is 12.3 Å². The van der Waals surface area contributed by atoms with Gasteiger partial charge in [0, 0.05) is 0 Å². The first-order chi connectivity index (χ1) is 5.91. The van der Waals surface area contributed by atoms with Crippen LogP contribution in [0.5, 0.6) is 0 Å². The Morgan fingerprint density at radius 3 is 2.08 bits per heavy atom. The van der Waals surface area contributed by atoms with Crippen LogP contribution < -0.4 is 0 Å². The third-order valence-electron chi connectivity index (χ3n) is 1.64. The van der Waals surface area contributed by atoms with Gasteiger partial charge in [0.25, 0.3) is 0 Å². The zero-order chi connectivity index (χ0) is 10.1. The molecule has 1 aromatic carbocycles. The lowest BCUT2D eigenvalue weighted by atomic mass is 10.1. The highest BCUT2D eigenvalue weighted by molar-refractivity contribution is 7.86. The molecule has 0 heterocycles. The molecule has 0 radical (unpaired) electrons. The molecule has 5 heteroatoms. The van der Waals surface area contributed by atoms with Gasteiger partial charge in [-0.15, -0.1) is 3.89 Å². The lowest BCUT2D eigenvalue weighted by Crippen LogP contribution is -1.94. The number of aliphatic hydroxyl groups excluding tert-OH is 1. The lowest BCUT2D eigenvalue weighted by Gasteiger charge is -2.03. The smallest absolute Gasteiger partial charge is 0.332 e. The summed E-state index contributed by atoms with van der Waals surface area (Å²) in [6.07, 6.45) is -0.684. The Balaban J connectivity index is 3.08. The number of halogens is 1. The van der Waals surface area contributed by atoms with Crippen molar-refractivity contribution in [1.29, 1.82) is 0 Å². The molecule has 0 aliphatic heterocycles. The molecule has 1 rings (SSSR count). The van der Waals surface area contributed by atoms with Crippen LogP contribution in [-0.2, 0) is 10.2 Å². The first kappa shape index (κ1) is 10.1. The van der Waals surface area contributed by atoms with Crippen molar-refractivity contribution in [2.24, 2.45) is 0 Å². The molecule has 0 saturated carbocycles. The van der Waals surface area contributed by atoms with Crippen LogP contribution in [0.2, 0.25) is 0 Å². The van der Waals surface area contributed by atoms with E-state index in [0.29, 0.717) is 5.56 Å². The van der Waals surface area contributed by atoms with E-state index in [1.54, 1.807) is 6.92 Å². The van der Waals surface area contributed by atoms with Gasteiger partial charge in [0.05, 0.1) is 11.0 Å². The molecule has 0 aromatic heterocycles. The van der Waals surface area contributed by atoms with E-state index in [4.69, 9.17) is 5.11 Å². The summed E-state index contributed by atoms with van der Waals surface area (Å²) in [7, 11) is -4.63. The van der Waals surface area contributed by atoms with Crippen LogP contribution in [0.15, 0.2) is 29.2 Å². The molecule has 0 spiro atoms. The second kappa shape index (κ2) is 3.43. The standard InChI is InChI=1S/C8H9FO3S/c1-6(10)7-2-4-8(5-3-7)13(9,11)12/h2-6,10H,1H3. The summed E-state index contributed by atoms with van der Waals surface area (Å²) >= 11 is 0. The van der Waals surface area contributed by atoms with E-state index in [2.05, 4.69) is 0 Å². The largest absolute Gasteiger partial charge is 0.389 e. The van der Waals surface area contributed by atoms with Gasteiger partial charge in [-0.2, -0.15) is 8.42 Å². The highest BCUT2D eigenvalue weighted by Gasteiger charge is 2.11. The zero-order valence-corrected chi connectivity index (χ0v) is 7.75. The molecule has 0 fully saturated rings. The highest BCUT2D eigenvalue weighted by atomic mass is 32.3. The van der Waals surface area contributed by atoms with Crippen LogP contribution in [0, 0.1) is 0 Å². The Labute approximate surface area is 76.0 Å². The molecule has 3 nitrogen and oxygen atoms in total. The second-order valence-corrected chi connectivity index (χ2v) is 4.03. The second-order valence-electron chi connectivity index (χ2n) is 2.68. The predicted octanol–water partition coefficient (Wildman–Crippen LogP) is 1.40. The first-order valence-electron chi connectivity index (χ1n) is 3.64. The van der Waals surface area contributed by atoms with E-state index in [1.807, 2.05) is 0 Å². The molecule has 0 amide bonds. The number of aliphatic hydroxyl groups is 1. The van der Waals surface area contributed by atoms with Crippen LogP contribution >= 0.6 is 0 Å². The summed E-state index contributed by atoms with van der Waals surface area (Å²) < 4.78 is 33.1. The molecule has 0 aliphatic rings. The molecule has 13 heavy (non-hydrogen) atoms. The predicted molar refractivity (Wildman–Crippen MR) is 45.4 cm³/mol. The van der Waals surface area contributed by atoms with E-state index in [-0.39, 0.29) is 0 Å². The third kappa shape index (κ3) is 2.50. The van der Waals surface area contributed by atoms with Crippen LogP contribution in [0.3, 0.4) is 0 Å². The Hall–Kier alpha value is -0.940. The monoisotopic (exact) mass is 204 g/mol. The number of hydrogen-bond acceptors (Lipinski definition) is 3. The Bertz CT molecular complexity index is 380. The minimum absolute atomic E-state index is 0.392. The average molecular weight is 204 g/mol. The van der Waals surface area contributed by atoms with Crippen molar-refractivity contribution < 1.29 is 17.4 Å². The highest BCUT2D eigenvalue weighted by Crippen LogP contribution is 2.16. The quantitative estimate of drug-likeness (QED) is 0.741. The topological polar surface area (TPSA) is 54.4 Å². The van der Waals surface area contributed by atoms with Crippen molar-refractivity contribution in [3.8, 4) is 0 Å². The minimum atomic E-state index is -4.63. The average Bonchev–Trinajstić information content (AvgIpc) is 2.03. The normalized spacial score (nSPS) is 14.1. The molecule has 0 aliphatic carbocycles. The summed E-state index contributed by atoms with van der Waals surface area (Å²) in [5.41, 5.74) is 0.549. The van der Waals surface area contributed by atoms with Crippen LogP contribution in [0.1, 0.15) is 18.6 Å². The van der Waals surface area contributed by atoms with Crippen molar-refractivity contribution >= 4 is 10.2 Å². The van der Waals surface area contributed by atoms with Gasteiger partial charge in [0.15, 0.2) is 0 Å². The summed E-state index contributed by atoms with van der Waals surface area (Å²) in [6, 6.07) is 4.99. The fourth-order valence-electron chi connectivity index (χ4n) is 0.909. The molecule has 1 unspecified atom stereocenters. The minimum Gasteiger partial charge on any atom is -0.389 e. The van der Waals surface area contributed by atoms with Gasteiger partial charge in [-0.05, 0) is 24.6 Å². The molecule has 0 bridgehead atoms. The number of benzene rings is 1. The Kier molecular flexibility index (Phi) is 2.68. The van der Waals surface area contributed by atoms with Crippen molar-refractivity contribution in [3.63, 3.8) is 0 Å². The zero-order valence-electron chi connectivity index (χ0n) is 6.94. The van der Waals surface area contributed by atoms with Crippen LogP contribution in [0.25, 0.3) is 0 Å². The summed E-state index contributed by atoms with van der Waals surface area (Å²) in [5.74, 6) is 0. The SMILES string of the molecule is CC(O)c1ccc(S(=O)(=O)F)cc1. The van der Waals surface area contributed by atoms with Gasteiger partial charge >= 0.3 is 10.2 Å². The van der Waals surface area contributed by atoms with Crippen molar-refractivity contribution in [2.75, 3.05) is 0 Å². The van der Waals surface area contributed by atoms with Crippen LogP contribution in [-0.4, -0.2) is 13.5 Å². The van der Waals surface area contributed by atoms with E-state index in [1.165, 1.54) is 12.1 Å². The fourth-order valence-corrected chi connectivity index (χ4v) is 1.37. The molecule has 0 saturated heterocycles. The Morgan fingerprint density at radius 2 is 1.77 bits per heavy atom. The summed E-state index contributed by atoms with van der Waals surface area (Å²) in [4.78, 5) is -0.392. The molecular weight excluding hydrogens is 195 g/mol. The van der Waals surface area contributed by atoms with Gasteiger partial charge in [-0.25, -0.2) is 0 Å². The Morgan fingerprint density at radius 1 is 1.31 bits per heavy atom. The molecule has 72 valence electrons. The third-order valence-corrected chi connectivity index (χ3v) is 2.48. The van der Waals surface area contributed by atoms with E-state index in [0.717, 1.165) is 12.1 Å². The van der Waals surface area contributed by atoms with E-state index >= 15 is 0 Å². The van der Waals surface area contributed by atoms with Crippen molar-refractivity contribution in [3.05, 3.63) is 29.8 Å². The van der Waals surface area contributed by atoms with Crippen molar-refractivity contribution in [2.45, 2.75) is 17.9 Å². The molecule has 1 N–H and O–H groups in total. The van der Waals surface area contributed by atoms with Crippen molar-refractivity contribution in [1.82, 2.24) is 0 Å². The van der Waals surface area contributed by atoms with Crippen LogP contribution in [0.4, 0.5) is 3.89 Å². The molecular formula is C8H9FO3S. The van der Waals surface area contributed by atoms with E-state index < -0.39 is 21.2 Å². The van der Waals surface area contributed by atoms with Gasteiger partial charge in [0.1, 0.15) is 0 Å². The molecule has 1 aromatic rings. The molecule has 1 atom stereocenters. The van der Waals surface area contributed by atoms with Gasteiger partial charge in [0.2, 0.25) is 0 Å². The number of hydrogen-bond donors (Lipinski definition) is 1. The first-order valence-corrected chi connectivity index (χ1v) is 5.02. The van der Waals surface area contributed by atoms with Gasteiger partial charge in [-0.3, -0.25) is 0 Å². The summed E-state index contributed by atoms with van der Waals surface area (Å²) in [6.45, 7) is 1.54. The number of rotatable bonds is 2. The van der Waals surface area contributed by atoms with Gasteiger partial charge in [-0.1, -0.05) is 12.1 Å². The lowest BCUT2D eigenvalue weighted by molar-refractivity contribution is 0.199. The maximum atomic E-state index is 12.4. The maximum absolute atomic E-state index is 12.4. The maximum Gasteiger partial charge on any atom is 0.332 e. The fraction of sp³-hybridized carbons (Fsp3) is 0.250.